The predicted molar refractivity (Wildman–Crippen MR) is 87.9 cm³/mol. The van der Waals surface area contributed by atoms with Gasteiger partial charge < -0.3 is 10.4 Å². The van der Waals surface area contributed by atoms with Gasteiger partial charge in [-0.05, 0) is 42.2 Å². The van der Waals surface area contributed by atoms with Crippen molar-refractivity contribution in [3.63, 3.8) is 0 Å². The van der Waals surface area contributed by atoms with E-state index in [2.05, 4.69) is 45.1 Å². The number of hydrogen-bond donors (Lipinski definition) is 2. The number of aliphatic hydroxyl groups excluding tert-OH is 1. The third kappa shape index (κ3) is 5.16. The van der Waals surface area contributed by atoms with Crippen molar-refractivity contribution in [2.45, 2.75) is 58.8 Å². The molecule has 2 N–H and O–H groups in total. The fourth-order valence-electron chi connectivity index (χ4n) is 2.52. The zero-order chi connectivity index (χ0) is 15.8. The fourth-order valence-corrected chi connectivity index (χ4v) is 2.52. The van der Waals surface area contributed by atoms with Crippen LogP contribution in [-0.4, -0.2) is 24.2 Å². The van der Waals surface area contributed by atoms with Crippen molar-refractivity contribution in [3.05, 3.63) is 34.9 Å². The Morgan fingerprint density at radius 1 is 1.05 bits per heavy atom. The maximum Gasteiger partial charge on any atom is 0.251 e. The first-order chi connectivity index (χ1) is 9.99. The van der Waals surface area contributed by atoms with Crippen LogP contribution >= 0.6 is 0 Å². The summed E-state index contributed by atoms with van der Waals surface area (Å²) >= 11 is 0. The fraction of sp³-hybridized carbons (Fsp3) is 0.611. The first-order valence-corrected chi connectivity index (χ1v) is 8.00. The molecule has 3 nitrogen and oxygen atoms in total. The first kappa shape index (κ1) is 17.7. The molecule has 0 fully saturated rings. The summed E-state index contributed by atoms with van der Waals surface area (Å²) in [7, 11) is 0. The summed E-state index contributed by atoms with van der Waals surface area (Å²) < 4.78 is 0. The zero-order valence-electron chi connectivity index (χ0n) is 13.8. The zero-order valence-corrected chi connectivity index (χ0v) is 13.8. The van der Waals surface area contributed by atoms with Crippen LogP contribution in [0.25, 0.3) is 0 Å². The largest absolute Gasteiger partial charge is 0.396 e. The number of benzene rings is 1. The van der Waals surface area contributed by atoms with Crippen molar-refractivity contribution in [2.75, 3.05) is 13.2 Å². The number of aliphatic hydroxyl groups is 1. The summed E-state index contributed by atoms with van der Waals surface area (Å²) in [5.41, 5.74) is 3.09. The Balaban J connectivity index is 2.85. The van der Waals surface area contributed by atoms with E-state index in [9.17, 15) is 4.79 Å². The molecule has 0 radical (unpaired) electrons. The van der Waals surface area contributed by atoms with E-state index in [-0.39, 0.29) is 12.5 Å². The van der Waals surface area contributed by atoms with Crippen LogP contribution < -0.4 is 5.32 Å². The average Bonchev–Trinajstić information content (AvgIpc) is 2.45. The molecule has 0 aliphatic rings. The highest BCUT2D eigenvalue weighted by atomic mass is 16.2. The molecule has 0 spiro atoms. The van der Waals surface area contributed by atoms with Gasteiger partial charge in [-0.1, -0.05) is 45.9 Å². The molecular formula is C18H29NO2. The number of unbranched alkanes of at least 4 members (excludes halogenated alkanes) is 2. The van der Waals surface area contributed by atoms with Crippen LogP contribution in [0.5, 0.6) is 0 Å². The summed E-state index contributed by atoms with van der Waals surface area (Å²) in [6.45, 7) is 9.38. The molecule has 0 heterocycles. The van der Waals surface area contributed by atoms with Crippen LogP contribution in [0, 0.1) is 0 Å². The number of amides is 1. The van der Waals surface area contributed by atoms with E-state index in [1.54, 1.807) is 0 Å². The minimum atomic E-state index is 0.0343. The second-order valence-corrected chi connectivity index (χ2v) is 6.16. The average molecular weight is 291 g/mol. The first-order valence-electron chi connectivity index (χ1n) is 8.00. The highest BCUT2D eigenvalue weighted by Crippen LogP contribution is 2.27. The minimum absolute atomic E-state index is 0.0343. The standard InChI is InChI=1S/C18H29NO2/c1-13(2)15-9-8-10-16(14(3)4)17(15)18(21)19-11-6-5-7-12-20/h8-10,13-14,20H,5-7,11-12H2,1-4H3,(H,19,21). The predicted octanol–water partition coefficient (Wildman–Crippen LogP) is 3.83. The van der Waals surface area contributed by atoms with E-state index in [0.717, 1.165) is 36.0 Å². The maximum absolute atomic E-state index is 12.6. The van der Waals surface area contributed by atoms with E-state index in [1.165, 1.54) is 0 Å². The third-order valence-corrected chi connectivity index (χ3v) is 3.72. The van der Waals surface area contributed by atoms with E-state index < -0.39 is 0 Å². The van der Waals surface area contributed by atoms with Gasteiger partial charge in [-0.2, -0.15) is 0 Å². The third-order valence-electron chi connectivity index (χ3n) is 3.72. The lowest BCUT2D eigenvalue weighted by molar-refractivity contribution is 0.0950. The van der Waals surface area contributed by atoms with Gasteiger partial charge in [0.25, 0.3) is 5.91 Å². The molecule has 118 valence electrons. The van der Waals surface area contributed by atoms with Gasteiger partial charge in [0.1, 0.15) is 0 Å². The van der Waals surface area contributed by atoms with Crippen molar-refractivity contribution in [1.82, 2.24) is 5.32 Å². The Labute approximate surface area is 128 Å². The lowest BCUT2D eigenvalue weighted by Crippen LogP contribution is -2.27. The summed E-state index contributed by atoms with van der Waals surface area (Å²) in [4.78, 5) is 12.6. The van der Waals surface area contributed by atoms with Crippen molar-refractivity contribution in [3.8, 4) is 0 Å². The Bertz CT molecular complexity index is 426. The lowest BCUT2D eigenvalue weighted by Gasteiger charge is -2.19. The van der Waals surface area contributed by atoms with Crippen molar-refractivity contribution >= 4 is 5.91 Å². The summed E-state index contributed by atoms with van der Waals surface area (Å²) in [6, 6.07) is 6.15. The summed E-state index contributed by atoms with van der Waals surface area (Å²) in [6.07, 6.45) is 2.66. The van der Waals surface area contributed by atoms with Gasteiger partial charge in [0.05, 0.1) is 0 Å². The Morgan fingerprint density at radius 2 is 1.62 bits per heavy atom. The van der Waals surface area contributed by atoms with Gasteiger partial charge in [0, 0.05) is 18.7 Å². The SMILES string of the molecule is CC(C)c1cccc(C(C)C)c1C(=O)NCCCCCO. The van der Waals surface area contributed by atoms with Gasteiger partial charge in [-0.15, -0.1) is 0 Å². The van der Waals surface area contributed by atoms with E-state index in [4.69, 9.17) is 5.11 Å². The van der Waals surface area contributed by atoms with Crippen molar-refractivity contribution < 1.29 is 9.90 Å². The molecule has 0 saturated heterocycles. The van der Waals surface area contributed by atoms with Crippen LogP contribution in [-0.2, 0) is 0 Å². The van der Waals surface area contributed by atoms with Gasteiger partial charge in [-0.3, -0.25) is 4.79 Å². The van der Waals surface area contributed by atoms with Gasteiger partial charge in [0.15, 0.2) is 0 Å². The number of carbonyl (C=O) groups is 1. The van der Waals surface area contributed by atoms with Gasteiger partial charge in [-0.25, -0.2) is 0 Å². The number of hydrogen-bond acceptors (Lipinski definition) is 2. The second-order valence-electron chi connectivity index (χ2n) is 6.16. The monoisotopic (exact) mass is 291 g/mol. The van der Waals surface area contributed by atoms with E-state index in [1.807, 2.05) is 6.07 Å². The summed E-state index contributed by atoms with van der Waals surface area (Å²) in [5, 5.41) is 11.8. The van der Waals surface area contributed by atoms with Crippen LogP contribution in [0.4, 0.5) is 0 Å². The van der Waals surface area contributed by atoms with E-state index in [0.29, 0.717) is 18.4 Å². The second kappa shape index (κ2) is 8.83. The van der Waals surface area contributed by atoms with Gasteiger partial charge >= 0.3 is 0 Å². The smallest absolute Gasteiger partial charge is 0.251 e. The van der Waals surface area contributed by atoms with Crippen LogP contribution in [0.1, 0.15) is 80.3 Å². The molecule has 0 bridgehead atoms. The molecule has 1 amide bonds. The minimum Gasteiger partial charge on any atom is -0.396 e. The van der Waals surface area contributed by atoms with Crippen LogP contribution in [0.2, 0.25) is 0 Å². The Morgan fingerprint density at radius 3 is 2.10 bits per heavy atom. The highest BCUT2D eigenvalue weighted by Gasteiger charge is 2.19. The number of rotatable bonds is 8. The molecule has 0 aromatic heterocycles. The molecule has 3 heteroatoms. The van der Waals surface area contributed by atoms with Gasteiger partial charge in [0.2, 0.25) is 0 Å². The molecule has 1 rings (SSSR count). The molecule has 0 unspecified atom stereocenters. The molecule has 0 aliphatic heterocycles. The topological polar surface area (TPSA) is 49.3 Å². The number of nitrogens with one attached hydrogen (secondary N) is 1. The summed E-state index contributed by atoms with van der Waals surface area (Å²) in [5.74, 6) is 0.699. The van der Waals surface area contributed by atoms with E-state index >= 15 is 0 Å². The maximum atomic E-state index is 12.6. The molecule has 0 saturated carbocycles. The molecule has 1 aromatic carbocycles. The molecule has 21 heavy (non-hydrogen) atoms. The Hall–Kier alpha value is -1.35. The highest BCUT2D eigenvalue weighted by molar-refractivity contribution is 5.97. The number of carbonyl (C=O) groups excluding carboxylic acids is 1. The van der Waals surface area contributed by atoms with Crippen molar-refractivity contribution in [1.29, 1.82) is 0 Å². The molecule has 0 aliphatic carbocycles. The quantitative estimate of drug-likeness (QED) is 0.715. The molecular weight excluding hydrogens is 262 g/mol. The molecule has 0 atom stereocenters. The Kier molecular flexibility index (Phi) is 7.44. The van der Waals surface area contributed by atoms with Crippen LogP contribution in [0.15, 0.2) is 18.2 Å². The van der Waals surface area contributed by atoms with Crippen LogP contribution in [0.3, 0.4) is 0 Å². The molecule has 1 aromatic rings. The lowest BCUT2D eigenvalue weighted by atomic mass is 9.88. The van der Waals surface area contributed by atoms with Crippen molar-refractivity contribution in [2.24, 2.45) is 0 Å². The normalized spacial score (nSPS) is 11.2.